The molecule has 0 unspecified atom stereocenters. The Kier molecular flexibility index (Phi) is 1.66. The summed E-state index contributed by atoms with van der Waals surface area (Å²) in [7, 11) is 0. The summed E-state index contributed by atoms with van der Waals surface area (Å²) < 4.78 is 24.8. The molecule has 0 aromatic heterocycles. The number of nitrogens with one attached hydrogen (secondary N) is 1. The van der Waals surface area contributed by atoms with Crippen molar-refractivity contribution >= 4 is 5.91 Å². The molecule has 13 heavy (non-hydrogen) atoms. The van der Waals surface area contributed by atoms with Crippen LogP contribution in [0.25, 0.3) is 0 Å². The van der Waals surface area contributed by atoms with Crippen molar-refractivity contribution in [2.24, 2.45) is 5.41 Å². The predicted molar refractivity (Wildman–Crippen MR) is 43.5 cm³/mol. The van der Waals surface area contributed by atoms with Crippen LogP contribution in [-0.2, 0) is 4.79 Å². The van der Waals surface area contributed by atoms with Gasteiger partial charge in [-0.3, -0.25) is 4.79 Å². The first-order chi connectivity index (χ1) is 5.91. The Bertz CT molecular complexity index is 240. The number of hydrogen-bond acceptors (Lipinski definition) is 1. The SMILES string of the molecule is CC1(C(=O)NC2CC(F)(F)C2)CC1. The predicted octanol–water partition coefficient (Wildman–Crippen LogP) is 1.70. The molecular weight excluding hydrogens is 176 g/mol. The van der Waals surface area contributed by atoms with Crippen LogP contribution in [0.2, 0.25) is 0 Å². The largest absolute Gasteiger partial charge is 0.352 e. The molecule has 2 saturated carbocycles. The van der Waals surface area contributed by atoms with Gasteiger partial charge in [0.1, 0.15) is 0 Å². The Balaban J connectivity index is 1.78. The molecule has 0 heterocycles. The van der Waals surface area contributed by atoms with Crippen LogP contribution >= 0.6 is 0 Å². The summed E-state index contributed by atoms with van der Waals surface area (Å²) in [5.41, 5.74) is -0.245. The zero-order valence-corrected chi connectivity index (χ0v) is 7.57. The fraction of sp³-hybridized carbons (Fsp3) is 0.889. The molecule has 0 radical (unpaired) electrons. The van der Waals surface area contributed by atoms with Crippen molar-refractivity contribution in [1.29, 1.82) is 0 Å². The van der Waals surface area contributed by atoms with Gasteiger partial charge in [-0.05, 0) is 12.8 Å². The third-order valence-electron chi connectivity index (χ3n) is 2.97. The van der Waals surface area contributed by atoms with Gasteiger partial charge in [-0.25, -0.2) is 8.78 Å². The maximum Gasteiger partial charge on any atom is 0.252 e. The van der Waals surface area contributed by atoms with Crippen molar-refractivity contribution < 1.29 is 13.6 Å². The number of carbonyl (C=O) groups is 1. The standard InChI is InChI=1S/C9H13F2NO/c1-8(2-3-8)7(13)12-6-4-9(10,11)5-6/h6H,2-5H2,1H3,(H,12,13). The zero-order chi connectivity index (χ0) is 9.69. The Morgan fingerprint density at radius 2 is 1.92 bits per heavy atom. The summed E-state index contributed by atoms with van der Waals surface area (Å²) in [6.07, 6.45) is 1.41. The molecule has 0 spiro atoms. The lowest BCUT2D eigenvalue weighted by atomic mass is 9.87. The van der Waals surface area contributed by atoms with E-state index in [0.29, 0.717) is 0 Å². The van der Waals surface area contributed by atoms with Crippen LogP contribution in [0.4, 0.5) is 8.78 Å². The van der Waals surface area contributed by atoms with Crippen LogP contribution in [0.15, 0.2) is 0 Å². The summed E-state index contributed by atoms with van der Waals surface area (Å²) >= 11 is 0. The van der Waals surface area contributed by atoms with Crippen LogP contribution < -0.4 is 5.32 Å². The first-order valence-electron chi connectivity index (χ1n) is 4.60. The molecule has 0 aromatic rings. The van der Waals surface area contributed by atoms with E-state index >= 15 is 0 Å². The van der Waals surface area contributed by atoms with E-state index in [-0.39, 0.29) is 30.2 Å². The third kappa shape index (κ3) is 1.67. The quantitative estimate of drug-likeness (QED) is 0.703. The molecule has 0 atom stereocenters. The lowest BCUT2D eigenvalue weighted by Crippen LogP contribution is -2.51. The van der Waals surface area contributed by atoms with Crippen molar-refractivity contribution in [2.75, 3.05) is 0 Å². The average molecular weight is 189 g/mol. The van der Waals surface area contributed by atoms with Crippen LogP contribution in [0.3, 0.4) is 0 Å². The van der Waals surface area contributed by atoms with Gasteiger partial charge in [-0.15, -0.1) is 0 Å². The molecule has 1 N–H and O–H groups in total. The van der Waals surface area contributed by atoms with Crippen LogP contribution in [-0.4, -0.2) is 17.9 Å². The van der Waals surface area contributed by atoms with Crippen LogP contribution in [0, 0.1) is 5.41 Å². The second kappa shape index (κ2) is 2.42. The minimum absolute atomic E-state index is 0.0481. The maximum absolute atomic E-state index is 12.4. The monoisotopic (exact) mass is 189 g/mol. The van der Waals surface area contributed by atoms with E-state index in [1.165, 1.54) is 0 Å². The zero-order valence-electron chi connectivity index (χ0n) is 7.57. The van der Waals surface area contributed by atoms with E-state index in [1.807, 2.05) is 6.92 Å². The minimum Gasteiger partial charge on any atom is -0.352 e. The first-order valence-corrected chi connectivity index (χ1v) is 4.60. The van der Waals surface area contributed by atoms with Crippen molar-refractivity contribution in [2.45, 2.75) is 44.6 Å². The molecule has 0 bridgehead atoms. The van der Waals surface area contributed by atoms with Crippen LogP contribution in [0.5, 0.6) is 0 Å². The van der Waals surface area contributed by atoms with E-state index in [1.54, 1.807) is 0 Å². The maximum atomic E-state index is 12.4. The lowest BCUT2D eigenvalue weighted by Gasteiger charge is -2.35. The number of hydrogen-bond donors (Lipinski definition) is 1. The van der Waals surface area contributed by atoms with Gasteiger partial charge in [-0.1, -0.05) is 6.92 Å². The lowest BCUT2D eigenvalue weighted by molar-refractivity contribution is -0.133. The molecule has 2 rings (SSSR count). The number of alkyl halides is 2. The second-order valence-corrected chi connectivity index (χ2v) is 4.50. The number of amides is 1. The Labute approximate surface area is 75.7 Å². The van der Waals surface area contributed by atoms with Crippen LogP contribution in [0.1, 0.15) is 32.6 Å². The second-order valence-electron chi connectivity index (χ2n) is 4.50. The summed E-state index contributed by atoms with van der Waals surface area (Å²) in [5.74, 6) is -2.59. The molecule has 2 aliphatic rings. The topological polar surface area (TPSA) is 29.1 Å². The van der Waals surface area contributed by atoms with E-state index in [4.69, 9.17) is 0 Å². The fourth-order valence-electron chi connectivity index (χ4n) is 1.54. The highest BCUT2D eigenvalue weighted by Crippen LogP contribution is 2.46. The van der Waals surface area contributed by atoms with Gasteiger partial charge in [0.15, 0.2) is 0 Å². The Morgan fingerprint density at radius 1 is 1.38 bits per heavy atom. The van der Waals surface area contributed by atoms with E-state index < -0.39 is 5.92 Å². The summed E-state index contributed by atoms with van der Waals surface area (Å²) in [6, 6.07) is -0.292. The van der Waals surface area contributed by atoms with E-state index in [9.17, 15) is 13.6 Å². The molecule has 0 aromatic carbocycles. The van der Waals surface area contributed by atoms with Gasteiger partial charge in [0.05, 0.1) is 0 Å². The number of carbonyl (C=O) groups excluding carboxylic acids is 1. The molecule has 2 fully saturated rings. The van der Waals surface area contributed by atoms with Crippen molar-refractivity contribution in [3.8, 4) is 0 Å². The Hall–Kier alpha value is -0.670. The van der Waals surface area contributed by atoms with E-state index in [2.05, 4.69) is 5.32 Å². The summed E-state index contributed by atoms with van der Waals surface area (Å²) in [6.45, 7) is 1.87. The van der Waals surface area contributed by atoms with E-state index in [0.717, 1.165) is 12.8 Å². The van der Waals surface area contributed by atoms with Gasteiger partial charge >= 0.3 is 0 Å². The molecule has 2 nitrogen and oxygen atoms in total. The van der Waals surface area contributed by atoms with Gasteiger partial charge in [-0.2, -0.15) is 0 Å². The van der Waals surface area contributed by atoms with Crippen molar-refractivity contribution in [3.05, 3.63) is 0 Å². The molecule has 0 saturated heterocycles. The van der Waals surface area contributed by atoms with Gasteiger partial charge in [0.2, 0.25) is 5.91 Å². The highest BCUT2D eigenvalue weighted by Gasteiger charge is 2.50. The first kappa shape index (κ1) is 8.91. The normalized spacial score (nSPS) is 29.2. The third-order valence-corrected chi connectivity index (χ3v) is 2.97. The highest BCUT2D eigenvalue weighted by atomic mass is 19.3. The average Bonchev–Trinajstić information content (AvgIpc) is 2.65. The minimum atomic E-state index is -2.54. The van der Waals surface area contributed by atoms with Crippen molar-refractivity contribution in [1.82, 2.24) is 5.32 Å². The molecule has 1 amide bonds. The smallest absolute Gasteiger partial charge is 0.252 e. The van der Waals surface area contributed by atoms with Crippen molar-refractivity contribution in [3.63, 3.8) is 0 Å². The number of rotatable bonds is 2. The van der Waals surface area contributed by atoms with Gasteiger partial charge in [0.25, 0.3) is 5.92 Å². The molecule has 2 aliphatic carbocycles. The van der Waals surface area contributed by atoms with Gasteiger partial charge < -0.3 is 5.32 Å². The van der Waals surface area contributed by atoms with Gasteiger partial charge in [0, 0.05) is 24.3 Å². The summed E-state index contributed by atoms with van der Waals surface area (Å²) in [4.78, 5) is 11.4. The highest BCUT2D eigenvalue weighted by molar-refractivity contribution is 5.85. The molecule has 0 aliphatic heterocycles. The molecule has 4 heteroatoms. The fourth-order valence-corrected chi connectivity index (χ4v) is 1.54. The number of halogens is 2. The summed E-state index contributed by atoms with van der Waals surface area (Å²) in [5, 5.41) is 2.66. The molecule has 74 valence electrons. The molecular formula is C9H13F2NO. The Morgan fingerprint density at radius 3 is 2.31 bits per heavy atom.